The first-order valence-corrected chi connectivity index (χ1v) is 10.7. The zero-order valence-corrected chi connectivity index (χ0v) is 19.0. The van der Waals surface area contributed by atoms with Crippen LogP contribution >= 0.6 is 0 Å². The van der Waals surface area contributed by atoms with Crippen LogP contribution in [0, 0.1) is 0 Å². The number of hydrogen-bond donors (Lipinski definition) is 1. The summed E-state index contributed by atoms with van der Waals surface area (Å²) in [6.07, 6.45) is 1.21. The number of aromatic nitrogens is 1. The zero-order valence-electron chi connectivity index (χ0n) is 19.0. The van der Waals surface area contributed by atoms with E-state index in [0.717, 1.165) is 11.3 Å². The molecule has 0 unspecified atom stereocenters. The van der Waals surface area contributed by atoms with Gasteiger partial charge < -0.3 is 24.4 Å². The van der Waals surface area contributed by atoms with Crippen LogP contribution in [0.25, 0.3) is 0 Å². The molecular formula is C24H31N3O5. The summed E-state index contributed by atoms with van der Waals surface area (Å²) in [5.74, 6) is 0.496. The molecule has 0 radical (unpaired) electrons. The van der Waals surface area contributed by atoms with Crippen LogP contribution in [-0.2, 0) is 20.9 Å². The lowest BCUT2D eigenvalue weighted by Gasteiger charge is -2.39. The molecule has 1 atom stereocenters. The number of carbonyl (C=O) groups excluding carboxylic acids is 2. The molecule has 1 aliphatic rings. The SMILES string of the molecule is C[C@@H](NC(=O)COC1CN(C(=O)OC(C)(C)C)C1)c1cccc(OCc2ccccn2)c1. The Bertz CT molecular complexity index is 907. The molecule has 1 saturated heterocycles. The highest BCUT2D eigenvalue weighted by molar-refractivity contribution is 5.77. The number of amides is 2. The summed E-state index contributed by atoms with van der Waals surface area (Å²) in [6.45, 7) is 8.54. The molecule has 1 aromatic carbocycles. The average Bonchev–Trinajstić information content (AvgIpc) is 2.70. The fourth-order valence-electron chi connectivity index (χ4n) is 3.09. The molecule has 1 aliphatic heterocycles. The van der Waals surface area contributed by atoms with Crippen molar-refractivity contribution in [1.82, 2.24) is 15.2 Å². The van der Waals surface area contributed by atoms with Crippen molar-refractivity contribution >= 4 is 12.0 Å². The van der Waals surface area contributed by atoms with Crippen LogP contribution in [0.4, 0.5) is 4.79 Å². The second kappa shape index (κ2) is 10.5. The van der Waals surface area contributed by atoms with Crippen molar-refractivity contribution in [3.05, 3.63) is 59.9 Å². The first kappa shape index (κ1) is 23.5. The predicted molar refractivity (Wildman–Crippen MR) is 119 cm³/mol. The molecule has 172 valence electrons. The largest absolute Gasteiger partial charge is 0.487 e. The number of pyridine rings is 1. The molecular weight excluding hydrogens is 410 g/mol. The molecule has 32 heavy (non-hydrogen) atoms. The Labute approximate surface area is 188 Å². The van der Waals surface area contributed by atoms with Gasteiger partial charge in [-0.25, -0.2) is 4.79 Å². The molecule has 8 heteroatoms. The standard InChI is InChI=1S/C24H31N3O5/c1-17(18-8-7-10-20(12-18)30-15-19-9-5-6-11-25-19)26-22(28)16-31-21-13-27(14-21)23(29)32-24(2,3)4/h5-12,17,21H,13-16H2,1-4H3,(H,26,28)/t17-/m1/s1. The summed E-state index contributed by atoms with van der Waals surface area (Å²) in [5, 5.41) is 2.93. The Kier molecular flexibility index (Phi) is 7.69. The lowest BCUT2D eigenvalue weighted by molar-refractivity contribution is -0.132. The summed E-state index contributed by atoms with van der Waals surface area (Å²) in [7, 11) is 0. The van der Waals surface area contributed by atoms with E-state index in [1.807, 2.05) is 70.2 Å². The van der Waals surface area contributed by atoms with Crippen LogP contribution in [0.3, 0.4) is 0 Å². The van der Waals surface area contributed by atoms with E-state index in [0.29, 0.717) is 25.4 Å². The van der Waals surface area contributed by atoms with E-state index in [4.69, 9.17) is 14.2 Å². The number of rotatable bonds is 8. The van der Waals surface area contributed by atoms with E-state index >= 15 is 0 Å². The van der Waals surface area contributed by atoms with Crippen LogP contribution in [0.15, 0.2) is 48.7 Å². The third-order valence-corrected chi connectivity index (χ3v) is 4.80. The van der Waals surface area contributed by atoms with E-state index < -0.39 is 5.60 Å². The van der Waals surface area contributed by atoms with Gasteiger partial charge in [-0.15, -0.1) is 0 Å². The van der Waals surface area contributed by atoms with Crippen molar-refractivity contribution in [3.8, 4) is 5.75 Å². The van der Waals surface area contributed by atoms with Gasteiger partial charge in [0.25, 0.3) is 0 Å². The maximum absolute atomic E-state index is 12.3. The van der Waals surface area contributed by atoms with Gasteiger partial charge in [0.1, 0.15) is 24.6 Å². The van der Waals surface area contributed by atoms with Crippen molar-refractivity contribution in [3.63, 3.8) is 0 Å². The Morgan fingerprint density at radius 2 is 1.97 bits per heavy atom. The molecule has 8 nitrogen and oxygen atoms in total. The molecule has 1 aromatic heterocycles. The maximum atomic E-state index is 12.3. The average molecular weight is 442 g/mol. The zero-order chi connectivity index (χ0) is 23.1. The Morgan fingerprint density at radius 3 is 2.66 bits per heavy atom. The number of ether oxygens (including phenoxy) is 3. The minimum Gasteiger partial charge on any atom is -0.487 e. The summed E-state index contributed by atoms with van der Waals surface area (Å²) < 4.78 is 16.7. The number of benzene rings is 1. The molecule has 0 aliphatic carbocycles. The van der Waals surface area contributed by atoms with Gasteiger partial charge in [0.05, 0.1) is 30.9 Å². The molecule has 1 N–H and O–H groups in total. The van der Waals surface area contributed by atoms with E-state index in [1.54, 1.807) is 11.1 Å². The monoisotopic (exact) mass is 441 g/mol. The fraction of sp³-hybridized carbons (Fsp3) is 0.458. The van der Waals surface area contributed by atoms with Crippen LogP contribution in [0.2, 0.25) is 0 Å². The molecule has 2 heterocycles. The Hall–Kier alpha value is -3.13. The quantitative estimate of drug-likeness (QED) is 0.675. The van der Waals surface area contributed by atoms with E-state index in [1.165, 1.54) is 0 Å². The predicted octanol–water partition coefficient (Wildman–Crippen LogP) is 3.47. The third-order valence-electron chi connectivity index (χ3n) is 4.80. The molecule has 3 rings (SSSR count). The molecule has 0 bridgehead atoms. The lowest BCUT2D eigenvalue weighted by Crippen LogP contribution is -2.56. The molecule has 1 fully saturated rings. The number of hydrogen-bond acceptors (Lipinski definition) is 6. The van der Waals surface area contributed by atoms with Gasteiger partial charge in [0, 0.05) is 6.20 Å². The number of nitrogens with zero attached hydrogens (tertiary/aromatic N) is 2. The van der Waals surface area contributed by atoms with Gasteiger partial charge in [-0.3, -0.25) is 9.78 Å². The number of carbonyl (C=O) groups is 2. The van der Waals surface area contributed by atoms with Crippen molar-refractivity contribution in [2.45, 2.75) is 52.0 Å². The lowest BCUT2D eigenvalue weighted by atomic mass is 10.1. The molecule has 0 spiro atoms. The number of nitrogens with one attached hydrogen (secondary N) is 1. The summed E-state index contributed by atoms with van der Waals surface area (Å²) >= 11 is 0. The molecule has 2 aromatic rings. The highest BCUT2D eigenvalue weighted by Gasteiger charge is 2.34. The second-order valence-electron chi connectivity index (χ2n) is 8.79. The summed E-state index contributed by atoms with van der Waals surface area (Å²) in [5.41, 5.74) is 1.24. The Balaban J connectivity index is 1.39. The molecule has 0 saturated carbocycles. The van der Waals surface area contributed by atoms with Crippen molar-refractivity contribution < 1.29 is 23.8 Å². The minimum atomic E-state index is -0.528. The van der Waals surface area contributed by atoms with Crippen LogP contribution in [0.5, 0.6) is 5.75 Å². The second-order valence-corrected chi connectivity index (χ2v) is 8.79. The van der Waals surface area contributed by atoms with Crippen molar-refractivity contribution in [2.24, 2.45) is 0 Å². The van der Waals surface area contributed by atoms with Gasteiger partial charge in [-0.2, -0.15) is 0 Å². The first-order chi connectivity index (χ1) is 15.2. The van der Waals surface area contributed by atoms with Crippen molar-refractivity contribution in [2.75, 3.05) is 19.7 Å². The fourth-order valence-corrected chi connectivity index (χ4v) is 3.09. The van der Waals surface area contributed by atoms with E-state index in [2.05, 4.69) is 10.3 Å². The number of likely N-dealkylation sites (tertiary alicyclic amines) is 1. The van der Waals surface area contributed by atoms with Gasteiger partial charge in [-0.05, 0) is 57.5 Å². The van der Waals surface area contributed by atoms with Crippen LogP contribution in [-0.4, -0.2) is 53.3 Å². The highest BCUT2D eigenvalue weighted by Crippen LogP contribution is 2.20. The van der Waals surface area contributed by atoms with Gasteiger partial charge in [0.2, 0.25) is 5.91 Å². The topological polar surface area (TPSA) is 90.0 Å². The van der Waals surface area contributed by atoms with Crippen LogP contribution < -0.4 is 10.1 Å². The maximum Gasteiger partial charge on any atom is 0.410 e. The Morgan fingerprint density at radius 1 is 1.19 bits per heavy atom. The third kappa shape index (κ3) is 7.23. The smallest absolute Gasteiger partial charge is 0.410 e. The van der Waals surface area contributed by atoms with Crippen molar-refractivity contribution in [1.29, 1.82) is 0 Å². The van der Waals surface area contributed by atoms with E-state index in [9.17, 15) is 9.59 Å². The molecule has 2 amide bonds. The normalized spacial score (nSPS) is 14.9. The minimum absolute atomic E-state index is 0.0625. The van der Waals surface area contributed by atoms with Gasteiger partial charge in [-0.1, -0.05) is 18.2 Å². The van der Waals surface area contributed by atoms with Gasteiger partial charge in [0.15, 0.2) is 0 Å². The summed E-state index contributed by atoms with van der Waals surface area (Å²) in [4.78, 5) is 30.0. The summed E-state index contributed by atoms with van der Waals surface area (Å²) in [6, 6.07) is 13.1. The first-order valence-electron chi connectivity index (χ1n) is 10.7. The van der Waals surface area contributed by atoms with E-state index in [-0.39, 0.29) is 30.8 Å². The van der Waals surface area contributed by atoms with Gasteiger partial charge >= 0.3 is 6.09 Å². The highest BCUT2D eigenvalue weighted by atomic mass is 16.6. The van der Waals surface area contributed by atoms with Crippen LogP contribution in [0.1, 0.15) is 45.0 Å².